The molecule has 4 rings (SSSR count). The number of ether oxygens (including phenoxy) is 1. The highest BCUT2D eigenvalue weighted by Gasteiger charge is 2.44. The van der Waals surface area contributed by atoms with Gasteiger partial charge in [-0.1, -0.05) is 24.3 Å². The van der Waals surface area contributed by atoms with Gasteiger partial charge < -0.3 is 14.5 Å². The Morgan fingerprint density at radius 1 is 1.00 bits per heavy atom. The molecule has 174 valence electrons. The van der Waals surface area contributed by atoms with Crippen molar-refractivity contribution in [2.24, 2.45) is 0 Å². The van der Waals surface area contributed by atoms with Crippen LogP contribution in [0.3, 0.4) is 0 Å². The molecule has 2 amide bonds. The number of carbonyl (C=O) groups excluding carboxylic acids is 2. The van der Waals surface area contributed by atoms with Gasteiger partial charge in [0.05, 0.1) is 17.4 Å². The summed E-state index contributed by atoms with van der Waals surface area (Å²) in [7, 11) is 3.93. The number of nitrogens with zero attached hydrogens (tertiary/aromatic N) is 3. The highest BCUT2D eigenvalue weighted by Crippen LogP contribution is 2.37. The minimum Gasteiger partial charge on any atom is -0.491 e. The lowest BCUT2D eigenvalue weighted by atomic mass is 10.00. The molecule has 2 aromatic carbocycles. The molecule has 1 fully saturated rings. The van der Waals surface area contributed by atoms with E-state index in [2.05, 4.69) is 11.9 Å². The summed E-state index contributed by atoms with van der Waals surface area (Å²) in [5, 5.41) is 0. The molecular weight excluding hydrogens is 421 g/mol. The lowest BCUT2D eigenvalue weighted by Crippen LogP contribution is -2.43. The standard InChI is InChI=1S/C26H30FN3O3/c1-17(2)33-20-11-9-18(10-12-20)23-24(29(4)19-13-15-28(3)16-14-19)26(32)30(25(23)31)22-8-6-5-7-21(22)27/h5-12,17,19H,13-16H2,1-4H3. The Labute approximate surface area is 194 Å². The van der Waals surface area contributed by atoms with E-state index in [1.165, 1.54) is 18.2 Å². The van der Waals surface area contributed by atoms with E-state index in [4.69, 9.17) is 4.74 Å². The van der Waals surface area contributed by atoms with Gasteiger partial charge in [0.2, 0.25) is 0 Å². The van der Waals surface area contributed by atoms with Crippen LogP contribution in [-0.2, 0) is 9.59 Å². The quantitative estimate of drug-likeness (QED) is 0.623. The number of benzene rings is 2. The summed E-state index contributed by atoms with van der Waals surface area (Å²) in [6, 6.07) is 13.1. The molecule has 0 atom stereocenters. The van der Waals surface area contributed by atoms with Gasteiger partial charge in [0.15, 0.2) is 0 Å². The van der Waals surface area contributed by atoms with Crippen LogP contribution in [0.25, 0.3) is 5.57 Å². The zero-order valence-corrected chi connectivity index (χ0v) is 19.5. The van der Waals surface area contributed by atoms with E-state index >= 15 is 0 Å². The van der Waals surface area contributed by atoms with Crippen molar-refractivity contribution in [2.45, 2.75) is 38.8 Å². The molecule has 6 nitrogen and oxygen atoms in total. The van der Waals surface area contributed by atoms with Gasteiger partial charge in [0.25, 0.3) is 11.8 Å². The van der Waals surface area contributed by atoms with Crippen LogP contribution < -0.4 is 9.64 Å². The third-order valence-electron chi connectivity index (χ3n) is 6.26. The minimum absolute atomic E-state index is 0.0208. The Morgan fingerprint density at radius 3 is 2.24 bits per heavy atom. The zero-order chi connectivity index (χ0) is 23.7. The van der Waals surface area contributed by atoms with Crippen molar-refractivity contribution in [1.29, 1.82) is 0 Å². The number of rotatable bonds is 6. The van der Waals surface area contributed by atoms with Crippen LogP contribution in [-0.4, -0.2) is 60.9 Å². The van der Waals surface area contributed by atoms with Crippen LogP contribution in [0, 0.1) is 5.82 Å². The molecule has 2 heterocycles. The van der Waals surface area contributed by atoms with Crippen LogP contribution >= 0.6 is 0 Å². The summed E-state index contributed by atoms with van der Waals surface area (Å²) in [6.45, 7) is 5.71. The number of carbonyl (C=O) groups is 2. The van der Waals surface area contributed by atoms with Crippen molar-refractivity contribution < 1.29 is 18.7 Å². The number of halogens is 1. The van der Waals surface area contributed by atoms with Crippen LogP contribution in [0.1, 0.15) is 32.3 Å². The molecule has 2 aliphatic rings. The topological polar surface area (TPSA) is 53.1 Å². The highest BCUT2D eigenvalue weighted by molar-refractivity contribution is 6.45. The number of hydrogen-bond donors (Lipinski definition) is 0. The number of amides is 2. The number of piperidine rings is 1. The van der Waals surface area contributed by atoms with Gasteiger partial charge >= 0.3 is 0 Å². The molecule has 2 aliphatic heterocycles. The van der Waals surface area contributed by atoms with Gasteiger partial charge in [-0.25, -0.2) is 9.29 Å². The Bertz CT molecular complexity index is 1070. The zero-order valence-electron chi connectivity index (χ0n) is 19.5. The molecule has 7 heteroatoms. The second-order valence-electron chi connectivity index (χ2n) is 8.96. The predicted molar refractivity (Wildman–Crippen MR) is 126 cm³/mol. The van der Waals surface area contributed by atoms with Crippen LogP contribution in [0.15, 0.2) is 54.2 Å². The van der Waals surface area contributed by atoms with E-state index in [9.17, 15) is 14.0 Å². The highest BCUT2D eigenvalue weighted by atomic mass is 19.1. The molecule has 2 aromatic rings. The summed E-state index contributed by atoms with van der Waals surface area (Å²) >= 11 is 0. The maximum atomic E-state index is 14.6. The Kier molecular flexibility index (Phi) is 6.51. The van der Waals surface area contributed by atoms with Gasteiger partial charge in [0.1, 0.15) is 17.3 Å². The van der Waals surface area contributed by atoms with E-state index < -0.39 is 17.6 Å². The summed E-state index contributed by atoms with van der Waals surface area (Å²) in [5.41, 5.74) is 1.19. The number of likely N-dealkylation sites (tertiary alicyclic amines) is 1. The molecule has 0 aromatic heterocycles. The fourth-order valence-electron chi connectivity index (χ4n) is 4.49. The SMILES string of the molecule is CC(C)Oc1ccc(C2=C(N(C)C3CCN(C)CC3)C(=O)N(c3ccccc3F)C2=O)cc1. The number of anilines is 1. The van der Waals surface area contributed by atoms with Gasteiger partial charge in [-0.15, -0.1) is 0 Å². The Hall–Kier alpha value is -3.19. The summed E-state index contributed by atoms with van der Waals surface area (Å²) in [5.74, 6) is -0.939. The molecule has 0 bridgehead atoms. The summed E-state index contributed by atoms with van der Waals surface area (Å²) in [6.07, 6.45) is 1.78. The van der Waals surface area contributed by atoms with Crippen molar-refractivity contribution in [3.8, 4) is 5.75 Å². The molecule has 0 spiro atoms. The van der Waals surface area contributed by atoms with Crippen molar-refractivity contribution in [1.82, 2.24) is 9.80 Å². The summed E-state index contributed by atoms with van der Waals surface area (Å²) < 4.78 is 20.3. The van der Waals surface area contributed by atoms with Crippen molar-refractivity contribution in [3.05, 3.63) is 65.6 Å². The van der Waals surface area contributed by atoms with Crippen LogP contribution in [0.5, 0.6) is 5.75 Å². The van der Waals surface area contributed by atoms with E-state index in [1.54, 1.807) is 30.3 Å². The van der Waals surface area contributed by atoms with Crippen molar-refractivity contribution in [2.75, 3.05) is 32.1 Å². The first kappa shape index (κ1) is 23.0. The Balaban J connectivity index is 1.77. The average molecular weight is 452 g/mol. The minimum atomic E-state index is -0.609. The van der Waals surface area contributed by atoms with E-state index in [-0.39, 0.29) is 17.8 Å². The third-order valence-corrected chi connectivity index (χ3v) is 6.26. The maximum absolute atomic E-state index is 14.6. The molecule has 0 unspecified atom stereocenters. The smallest absolute Gasteiger partial charge is 0.282 e. The van der Waals surface area contributed by atoms with Crippen LogP contribution in [0.2, 0.25) is 0 Å². The molecule has 0 radical (unpaired) electrons. The number of likely N-dealkylation sites (N-methyl/N-ethyl adjacent to an activating group) is 1. The van der Waals surface area contributed by atoms with E-state index in [0.717, 1.165) is 30.8 Å². The van der Waals surface area contributed by atoms with Gasteiger partial charge in [-0.3, -0.25) is 9.59 Å². The van der Waals surface area contributed by atoms with Gasteiger partial charge in [0, 0.05) is 13.1 Å². The van der Waals surface area contributed by atoms with E-state index in [0.29, 0.717) is 22.6 Å². The van der Waals surface area contributed by atoms with Gasteiger partial charge in [-0.05, 0) is 76.7 Å². The first-order valence-corrected chi connectivity index (χ1v) is 11.3. The lowest BCUT2D eigenvalue weighted by Gasteiger charge is -2.36. The fraction of sp³-hybridized carbons (Fsp3) is 0.385. The number of para-hydroxylation sites is 1. The first-order valence-electron chi connectivity index (χ1n) is 11.3. The largest absolute Gasteiger partial charge is 0.491 e. The average Bonchev–Trinajstić information content (AvgIpc) is 3.04. The summed E-state index contributed by atoms with van der Waals surface area (Å²) in [4.78, 5) is 32.3. The monoisotopic (exact) mass is 451 g/mol. The molecule has 0 N–H and O–H groups in total. The first-order chi connectivity index (χ1) is 15.8. The van der Waals surface area contributed by atoms with E-state index in [1.807, 2.05) is 25.8 Å². The Morgan fingerprint density at radius 2 is 1.64 bits per heavy atom. The second kappa shape index (κ2) is 9.35. The normalized spacial score (nSPS) is 17.9. The molecule has 33 heavy (non-hydrogen) atoms. The number of hydrogen-bond acceptors (Lipinski definition) is 5. The second-order valence-corrected chi connectivity index (χ2v) is 8.96. The molecular formula is C26H30FN3O3. The van der Waals surface area contributed by atoms with Gasteiger partial charge in [-0.2, -0.15) is 0 Å². The predicted octanol–water partition coefficient (Wildman–Crippen LogP) is 3.92. The van der Waals surface area contributed by atoms with Crippen molar-refractivity contribution >= 4 is 23.1 Å². The molecule has 0 saturated carbocycles. The third kappa shape index (κ3) is 4.50. The molecule has 1 saturated heterocycles. The molecule has 0 aliphatic carbocycles. The maximum Gasteiger partial charge on any atom is 0.282 e. The number of imide groups is 1. The van der Waals surface area contributed by atoms with Crippen LogP contribution in [0.4, 0.5) is 10.1 Å². The van der Waals surface area contributed by atoms with Crippen molar-refractivity contribution in [3.63, 3.8) is 0 Å². The lowest BCUT2D eigenvalue weighted by molar-refractivity contribution is -0.120. The fourth-order valence-corrected chi connectivity index (χ4v) is 4.49.